The third-order valence-electron chi connectivity index (χ3n) is 6.31. The first-order valence-corrected chi connectivity index (χ1v) is 13.0. The van der Waals surface area contributed by atoms with Crippen LogP contribution in [0.1, 0.15) is 72.4 Å². The third-order valence-corrected chi connectivity index (χ3v) is 7.88. The fourth-order valence-electron chi connectivity index (χ4n) is 4.65. The second-order valence-corrected chi connectivity index (χ2v) is 9.75. The van der Waals surface area contributed by atoms with Gasteiger partial charge < -0.3 is 18.8 Å². The van der Waals surface area contributed by atoms with Gasteiger partial charge in [-0.3, -0.25) is 0 Å². The molecule has 4 rings (SSSR count). The first-order chi connectivity index (χ1) is 17.4. The molecular weight excluding hydrogens is 474 g/mol. The summed E-state index contributed by atoms with van der Waals surface area (Å²) in [7, 11) is 0. The fourth-order valence-corrected chi connectivity index (χ4v) is 6.10. The number of allylic oxidation sites excluding steroid dienone is 2. The molecule has 7 heteroatoms. The van der Waals surface area contributed by atoms with Gasteiger partial charge in [-0.05, 0) is 45.7 Å². The zero-order valence-electron chi connectivity index (χ0n) is 21.3. The van der Waals surface area contributed by atoms with Crippen LogP contribution in [-0.4, -0.2) is 31.7 Å². The van der Waals surface area contributed by atoms with Crippen molar-refractivity contribution in [2.75, 3.05) is 24.7 Å². The summed E-state index contributed by atoms with van der Waals surface area (Å²) in [5.74, 6) is -0.948. The second kappa shape index (κ2) is 10.7. The van der Waals surface area contributed by atoms with Crippen molar-refractivity contribution in [3.05, 3.63) is 99.5 Å². The standard InChI is InChI=1S/C29H31NO5S/c1-6-30-19(4)20(5)36-29(21-15-11-9-12-16-21,22-17-13-10-14-18-22)26-24(30)23(27(31)33-7-2)25(35-26)28(32)34-8-3/h9-18H,6-8H2,1-5H3. The van der Waals surface area contributed by atoms with Crippen LogP contribution in [0.3, 0.4) is 0 Å². The number of furan rings is 1. The number of ether oxygens (including phenoxy) is 2. The monoisotopic (exact) mass is 505 g/mol. The van der Waals surface area contributed by atoms with Gasteiger partial charge in [0.05, 0.1) is 13.2 Å². The molecule has 1 aromatic heterocycles. The Morgan fingerprint density at radius 1 is 0.861 bits per heavy atom. The molecule has 0 unspecified atom stereocenters. The molecule has 0 aliphatic carbocycles. The van der Waals surface area contributed by atoms with Crippen LogP contribution in [0.4, 0.5) is 5.69 Å². The van der Waals surface area contributed by atoms with E-state index in [1.165, 1.54) is 0 Å². The van der Waals surface area contributed by atoms with E-state index < -0.39 is 16.7 Å². The highest BCUT2D eigenvalue weighted by Gasteiger charge is 2.49. The number of thioether (sulfide) groups is 1. The Bertz CT molecular complexity index is 1240. The highest BCUT2D eigenvalue weighted by molar-refractivity contribution is 8.04. The van der Waals surface area contributed by atoms with Crippen LogP contribution >= 0.6 is 11.8 Å². The average Bonchev–Trinajstić information content (AvgIpc) is 3.26. The number of rotatable bonds is 7. The van der Waals surface area contributed by atoms with Crippen molar-refractivity contribution in [2.24, 2.45) is 0 Å². The molecule has 0 fully saturated rings. The Balaban J connectivity index is 2.20. The summed E-state index contributed by atoms with van der Waals surface area (Å²) >= 11 is 1.64. The van der Waals surface area contributed by atoms with E-state index in [1.54, 1.807) is 25.6 Å². The Hall–Kier alpha value is -3.45. The van der Waals surface area contributed by atoms with Gasteiger partial charge in [-0.25, -0.2) is 9.59 Å². The maximum Gasteiger partial charge on any atom is 0.375 e. The molecule has 0 atom stereocenters. The topological polar surface area (TPSA) is 69.0 Å². The summed E-state index contributed by atoms with van der Waals surface area (Å²) in [6.45, 7) is 10.4. The van der Waals surface area contributed by atoms with Gasteiger partial charge in [0.1, 0.15) is 16.0 Å². The summed E-state index contributed by atoms with van der Waals surface area (Å²) in [4.78, 5) is 29.7. The van der Waals surface area contributed by atoms with Crippen molar-refractivity contribution in [1.29, 1.82) is 0 Å². The van der Waals surface area contributed by atoms with Gasteiger partial charge in [-0.15, -0.1) is 11.8 Å². The molecule has 2 aromatic carbocycles. The Labute approximate surface area is 216 Å². The van der Waals surface area contributed by atoms with E-state index in [0.717, 1.165) is 21.7 Å². The predicted octanol–water partition coefficient (Wildman–Crippen LogP) is 6.75. The van der Waals surface area contributed by atoms with Gasteiger partial charge in [0.2, 0.25) is 5.76 Å². The highest BCUT2D eigenvalue weighted by atomic mass is 32.2. The molecule has 0 N–H and O–H groups in total. The number of hydrogen-bond acceptors (Lipinski definition) is 7. The number of nitrogens with zero attached hydrogens (tertiary/aromatic N) is 1. The molecule has 6 nitrogen and oxygen atoms in total. The van der Waals surface area contributed by atoms with E-state index in [2.05, 4.69) is 6.92 Å². The maximum atomic E-state index is 13.4. The summed E-state index contributed by atoms with van der Waals surface area (Å²) in [5, 5.41) is 0. The predicted molar refractivity (Wildman–Crippen MR) is 142 cm³/mol. The minimum atomic E-state index is -0.876. The molecule has 0 radical (unpaired) electrons. The number of benzene rings is 2. The SMILES string of the molecule is CCOC(=O)c1oc2c(c1C(=O)OCC)N(CC)C(C)=C(C)SC2(c1ccccc1)c1ccccc1. The van der Waals surface area contributed by atoms with Crippen molar-refractivity contribution in [3.8, 4) is 0 Å². The van der Waals surface area contributed by atoms with Gasteiger partial charge in [0.15, 0.2) is 5.76 Å². The lowest BCUT2D eigenvalue weighted by atomic mass is 9.86. The van der Waals surface area contributed by atoms with Crippen LogP contribution < -0.4 is 4.90 Å². The largest absolute Gasteiger partial charge is 0.462 e. The second-order valence-electron chi connectivity index (χ2n) is 8.33. The minimum absolute atomic E-state index is 0.0954. The van der Waals surface area contributed by atoms with Crippen molar-refractivity contribution in [3.63, 3.8) is 0 Å². The molecule has 0 saturated heterocycles. The van der Waals surface area contributed by atoms with Crippen LogP contribution in [0.25, 0.3) is 0 Å². The van der Waals surface area contributed by atoms with E-state index in [9.17, 15) is 9.59 Å². The lowest BCUT2D eigenvalue weighted by Gasteiger charge is -2.33. The lowest BCUT2D eigenvalue weighted by molar-refractivity contribution is 0.0450. The summed E-state index contributed by atoms with van der Waals surface area (Å²) in [6.07, 6.45) is 0. The van der Waals surface area contributed by atoms with Gasteiger partial charge in [0.25, 0.3) is 0 Å². The summed E-state index contributed by atoms with van der Waals surface area (Å²) < 4.78 is 16.4. The fraction of sp³-hybridized carbons (Fsp3) is 0.310. The summed E-state index contributed by atoms with van der Waals surface area (Å²) in [6, 6.07) is 20.0. The Morgan fingerprint density at radius 3 is 1.89 bits per heavy atom. The van der Waals surface area contributed by atoms with E-state index in [0.29, 0.717) is 18.0 Å². The lowest BCUT2D eigenvalue weighted by Crippen LogP contribution is -2.27. The van der Waals surface area contributed by atoms with Crippen molar-refractivity contribution >= 4 is 29.4 Å². The number of esters is 2. The van der Waals surface area contributed by atoms with Gasteiger partial charge in [0, 0.05) is 17.1 Å². The highest BCUT2D eigenvalue weighted by Crippen LogP contribution is 2.58. The molecule has 3 aromatic rings. The number of carbonyl (C=O) groups excluding carboxylic acids is 2. The van der Waals surface area contributed by atoms with Crippen LogP contribution in [0.5, 0.6) is 0 Å². The normalized spacial score (nSPS) is 14.8. The Kier molecular flexibility index (Phi) is 7.59. The molecule has 0 saturated carbocycles. The molecule has 1 aliphatic heterocycles. The van der Waals surface area contributed by atoms with Crippen LogP contribution in [0.15, 0.2) is 75.7 Å². The quantitative estimate of drug-likeness (QED) is 0.329. The zero-order valence-corrected chi connectivity index (χ0v) is 22.1. The van der Waals surface area contributed by atoms with Crippen molar-refractivity contribution < 1.29 is 23.5 Å². The molecule has 0 amide bonds. The van der Waals surface area contributed by atoms with Gasteiger partial charge in [-0.1, -0.05) is 60.7 Å². The summed E-state index contributed by atoms with van der Waals surface area (Å²) in [5.41, 5.74) is 3.53. The zero-order chi connectivity index (χ0) is 25.9. The van der Waals surface area contributed by atoms with Crippen molar-refractivity contribution in [2.45, 2.75) is 39.4 Å². The molecule has 0 spiro atoms. The van der Waals surface area contributed by atoms with Crippen LogP contribution in [0, 0.1) is 0 Å². The molecule has 2 heterocycles. The smallest absolute Gasteiger partial charge is 0.375 e. The van der Waals surface area contributed by atoms with Gasteiger partial charge in [-0.2, -0.15) is 0 Å². The van der Waals surface area contributed by atoms with E-state index in [4.69, 9.17) is 13.9 Å². The molecular formula is C29H31NO5S. The third kappa shape index (κ3) is 4.22. The van der Waals surface area contributed by atoms with Gasteiger partial charge >= 0.3 is 11.9 Å². The molecule has 1 aliphatic rings. The molecule has 188 valence electrons. The maximum absolute atomic E-state index is 13.4. The first kappa shape index (κ1) is 25.6. The molecule has 36 heavy (non-hydrogen) atoms. The van der Waals surface area contributed by atoms with Crippen LogP contribution in [-0.2, 0) is 14.2 Å². The number of carbonyl (C=O) groups is 2. The van der Waals surface area contributed by atoms with E-state index in [1.807, 2.05) is 79.4 Å². The number of hydrogen-bond donors (Lipinski definition) is 0. The van der Waals surface area contributed by atoms with Crippen LogP contribution in [0.2, 0.25) is 0 Å². The Morgan fingerprint density at radius 2 is 1.39 bits per heavy atom. The number of fused-ring (bicyclic) bond motifs is 1. The average molecular weight is 506 g/mol. The molecule has 0 bridgehead atoms. The van der Waals surface area contributed by atoms with E-state index >= 15 is 0 Å². The van der Waals surface area contributed by atoms with Crippen molar-refractivity contribution in [1.82, 2.24) is 0 Å². The first-order valence-electron chi connectivity index (χ1n) is 12.2. The number of anilines is 1. The van der Waals surface area contributed by atoms with E-state index in [-0.39, 0.29) is 24.5 Å². The minimum Gasteiger partial charge on any atom is -0.462 e.